The molecule has 12 heteroatoms. The quantitative estimate of drug-likeness (QED) is 0.212. The third kappa shape index (κ3) is 5.49. The topological polar surface area (TPSA) is 130 Å². The van der Waals surface area contributed by atoms with Crippen molar-refractivity contribution in [3.05, 3.63) is 113 Å². The number of halogens is 2. The number of aromatic amines is 2. The molecule has 0 bridgehead atoms. The van der Waals surface area contributed by atoms with E-state index in [-0.39, 0.29) is 5.91 Å². The summed E-state index contributed by atoms with van der Waals surface area (Å²) in [5, 5.41) is 16.2. The second-order valence-corrected chi connectivity index (χ2v) is 9.78. The highest BCUT2D eigenvalue weighted by Crippen LogP contribution is 2.30. The fraction of sp³-hybridized carbons (Fsp3) is 0.0714. The molecule has 0 saturated carbocycles. The molecule has 0 aliphatic heterocycles. The van der Waals surface area contributed by atoms with Crippen molar-refractivity contribution in [1.82, 2.24) is 45.5 Å². The lowest BCUT2D eigenvalue weighted by molar-refractivity contribution is -0.117. The van der Waals surface area contributed by atoms with Gasteiger partial charge in [0.25, 0.3) is 0 Å². The van der Waals surface area contributed by atoms with E-state index in [4.69, 9.17) is 28.2 Å². The van der Waals surface area contributed by atoms with Crippen molar-refractivity contribution in [2.75, 3.05) is 0 Å². The van der Waals surface area contributed by atoms with Gasteiger partial charge in [-0.05, 0) is 58.8 Å². The number of H-pyrrole nitrogens is 2. The number of hydrogen-bond donors (Lipinski definition) is 3. The molecular weight excluding hydrogens is 549 g/mol. The first-order chi connectivity index (χ1) is 19.5. The van der Waals surface area contributed by atoms with Gasteiger partial charge in [-0.3, -0.25) is 4.79 Å². The Balaban J connectivity index is 1.29. The number of aromatic nitrogens is 8. The van der Waals surface area contributed by atoms with Gasteiger partial charge in [0.1, 0.15) is 28.6 Å². The monoisotopic (exact) mass is 569 g/mol. The van der Waals surface area contributed by atoms with E-state index in [0.29, 0.717) is 39.4 Å². The first-order valence-corrected chi connectivity index (χ1v) is 13.0. The number of amides is 1. The lowest BCUT2D eigenvalue weighted by Crippen LogP contribution is -2.29. The van der Waals surface area contributed by atoms with E-state index in [1.54, 1.807) is 30.5 Å². The summed E-state index contributed by atoms with van der Waals surface area (Å²) >= 11 is 12.8. The summed E-state index contributed by atoms with van der Waals surface area (Å²) in [6, 6.07) is 18.5. The molecule has 3 N–H and O–H groups in total. The summed E-state index contributed by atoms with van der Waals surface area (Å²) in [5.41, 5.74) is 4.47. The van der Waals surface area contributed by atoms with Crippen LogP contribution in [0.2, 0.25) is 10.2 Å². The number of carbonyl (C=O) groups is 1. The lowest BCUT2D eigenvalue weighted by Gasteiger charge is -2.16. The first-order valence-electron chi connectivity index (χ1n) is 12.3. The molecule has 0 aliphatic carbocycles. The number of tetrazole rings is 1. The largest absolute Gasteiger partial charge is 0.346 e. The van der Waals surface area contributed by atoms with Crippen LogP contribution in [0.4, 0.5) is 0 Å². The van der Waals surface area contributed by atoms with Crippen molar-refractivity contribution in [3.63, 3.8) is 0 Å². The van der Waals surface area contributed by atoms with Crippen LogP contribution < -0.4 is 5.32 Å². The molecule has 0 fully saturated rings. The van der Waals surface area contributed by atoms with Gasteiger partial charge in [-0.2, -0.15) is 4.68 Å². The number of fused-ring (bicyclic) bond motifs is 1. The average Bonchev–Trinajstić information content (AvgIpc) is 3.73. The molecule has 0 unspecified atom stereocenters. The average molecular weight is 570 g/mol. The zero-order valence-corrected chi connectivity index (χ0v) is 22.3. The standard InChI is InChI=1S/C28H21Cl2N9O/c29-21-7-8-23(39-16-33-37-38-39)18(14-21)6-9-24(40)34-22(12-17-4-2-1-3-5-17)28-35-25(26(30)36-28)20-13-19-10-11-31-27(19)32-15-20/h1-11,13-16,22H,12H2,(H,31,32)(H,34,40)(H,35,36)/b9-6+/t22-/m0/s1. The van der Waals surface area contributed by atoms with Crippen LogP contribution in [0.3, 0.4) is 0 Å². The van der Waals surface area contributed by atoms with Crippen LogP contribution in [0.5, 0.6) is 0 Å². The van der Waals surface area contributed by atoms with E-state index in [0.717, 1.165) is 22.2 Å². The molecule has 1 amide bonds. The predicted octanol–water partition coefficient (Wildman–Crippen LogP) is 5.35. The van der Waals surface area contributed by atoms with Gasteiger partial charge in [-0.25, -0.2) is 9.97 Å². The maximum absolute atomic E-state index is 13.2. The van der Waals surface area contributed by atoms with Gasteiger partial charge in [0.2, 0.25) is 5.91 Å². The Morgan fingerprint density at radius 1 is 1.10 bits per heavy atom. The fourth-order valence-corrected chi connectivity index (χ4v) is 4.81. The van der Waals surface area contributed by atoms with Gasteiger partial charge in [-0.15, -0.1) is 5.10 Å². The molecule has 40 heavy (non-hydrogen) atoms. The molecule has 0 radical (unpaired) electrons. The third-order valence-corrected chi connectivity index (χ3v) is 6.79. The van der Waals surface area contributed by atoms with E-state index >= 15 is 0 Å². The second kappa shape index (κ2) is 11.1. The summed E-state index contributed by atoms with van der Waals surface area (Å²) in [6.45, 7) is 0. The highest BCUT2D eigenvalue weighted by Gasteiger charge is 2.21. The maximum atomic E-state index is 13.2. The van der Waals surface area contributed by atoms with Gasteiger partial charge in [0, 0.05) is 40.0 Å². The van der Waals surface area contributed by atoms with E-state index in [2.05, 4.69) is 35.8 Å². The molecule has 0 saturated heterocycles. The van der Waals surface area contributed by atoms with E-state index in [1.807, 2.05) is 48.7 Å². The highest BCUT2D eigenvalue weighted by atomic mass is 35.5. The molecule has 0 aliphatic rings. The first kappa shape index (κ1) is 25.5. The van der Waals surface area contributed by atoms with Crippen molar-refractivity contribution >= 4 is 46.2 Å². The van der Waals surface area contributed by atoms with Crippen molar-refractivity contribution < 1.29 is 4.79 Å². The third-order valence-electron chi connectivity index (χ3n) is 6.28. The Kier molecular flexibility index (Phi) is 7.09. The molecule has 4 aromatic heterocycles. The molecule has 0 spiro atoms. The fourth-order valence-electron chi connectivity index (χ4n) is 4.39. The number of carbonyl (C=O) groups excluding carboxylic acids is 1. The normalized spacial score (nSPS) is 12.2. The van der Waals surface area contributed by atoms with Crippen LogP contribution in [-0.2, 0) is 11.2 Å². The van der Waals surface area contributed by atoms with Gasteiger partial charge in [0.15, 0.2) is 0 Å². The minimum absolute atomic E-state index is 0.326. The maximum Gasteiger partial charge on any atom is 0.244 e. The Bertz CT molecular complexity index is 1810. The van der Waals surface area contributed by atoms with Crippen LogP contribution in [0.15, 0.2) is 85.5 Å². The number of rotatable bonds is 8. The van der Waals surface area contributed by atoms with Crippen LogP contribution in [0, 0.1) is 0 Å². The van der Waals surface area contributed by atoms with Gasteiger partial charge < -0.3 is 15.3 Å². The summed E-state index contributed by atoms with van der Waals surface area (Å²) in [7, 11) is 0. The molecule has 4 heterocycles. The zero-order valence-electron chi connectivity index (χ0n) is 20.8. The zero-order chi connectivity index (χ0) is 27.5. The van der Waals surface area contributed by atoms with E-state index in [9.17, 15) is 4.79 Å². The van der Waals surface area contributed by atoms with E-state index < -0.39 is 6.04 Å². The van der Waals surface area contributed by atoms with Gasteiger partial charge in [0.05, 0.1) is 11.7 Å². The van der Waals surface area contributed by atoms with Crippen molar-refractivity contribution in [1.29, 1.82) is 0 Å². The van der Waals surface area contributed by atoms with E-state index in [1.165, 1.54) is 17.1 Å². The Labute approximate surface area is 238 Å². The van der Waals surface area contributed by atoms with Gasteiger partial charge in [-0.1, -0.05) is 53.5 Å². The highest BCUT2D eigenvalue weighted by molar-refractivity contribution is 6.32. The summed E-state index contributed by atoms with van der Waals surface area (Å²) in [6.07, 6.45) is 8.60. The Hall–Kier alpha value is -4.80. The van der Waals surface area contributed by atoms with Gasteiger partial charge >= 0.3 is 0 Å². The minimum Gasteiger partial charge on any atom is -0.346 e. The molecule has 2 aromatic carbocycles. The summed E-state index contributed by atoms with van der Waals surface area (Å²) in [5.74, 6) is 0.199. The minimum atomic E-state index is -0.493. The molecule has 1 atom stereocenters. The number of nitrogens with one attached hydrogen (secondary N) is 3. The summed E-state index contributed by atoms with van der Waals surface area (Å²) < 4.78 is 1.50. The molecule has 6 rings (SSSR count). The van der Waals surface area contributed by atoms with Crippen molar-refractivity contribution in [2.24, 2.45) is 0 Å². The van der Waals surface area contributed by atoms with Crippen LogP contribution in [0.1, 0.15) is 23.0 Å². The number of benzene rings is 2. The molecule has 198 valence electrons. The number of imidazole rings is 1. The number of pyridine rings is 1. The second-order valence-electron chi connectivity index (χ2n) is 8.97. The van der Waals surface area contributed by atoms with Crippen LogP contribution >= 0.6 is 23.2 Å². The molecular formula is C28H21Cl2N9O. The number of hydrogen-bond acceptors (Lipinski definition) is 6. The van der Waals surface area contributed by atoms with Crippen molar-refractivity contribution in [2.45, 2.75) is 12.5 Å². The smallest absolute Gasteiger partial charge is 0.244 e. The lowest BCUT2D eigenvalue weighted by atomic mass is 10.1. The molecule has 10 nitrogen and oxygen atoms in total. The number of nitrogens with zero attached hydrogens (tertiary/aromatic N) is 6. The van der Waals surface area contributed by atoms with Crippen LogP contribution in [0.25, 0.3) is 34.1 Å². The van der Waals surface area contributed by atoms with Crippen LogP contribution in [-0.4, -0.2) is 46.1 Å². The predicted molar refractivity (Wildman–Crippen MR) is 153 cm³/mol. The van der Waals surface area contributed by atoms with Crippen molar-refractivity contribution in [3.8, 4) is 16.9 Å². The SMILES string of the molecule is O=C(/C=C/c1cc(Cl)ccc1-n1cnnn1)N[C@@H](Cc1ccccc1)c1nc(-c2cnc3[nH]ccc3c2)c(Cl)[nH]1. The molecule has 6 aromatic rings. The Morgan fingerprint density at radius 2 is 1.98 bits per heavy atom. The Morgan fingerprint density at radius 3 is 2.80 bits per heavy atom. The summed E-state index contributed by atoms with van der Waals surface area (Å²) in [4.78, 5) is 28.6.